The quantitative estimate of drug-likeness (QED) is 0.706. The van der Waals surface area contributed by atoms with Gasteiger partial charge in [-0.1, -0.05) is 18.2 Å². The molecular formula is C7H9ClN2. The van der Waals surface area contributed by atoms with Crippen LogP contribution in [-0.4, -0.2) is 11.2 Å². The maximum Gasteiger partial charge on any atom is 0.0664 e. The molecule has 0 aliphatic heterocycles. The van der Waals surface area contributed by atoms with Gasteiger partial charge in [-0.05, 0) is 12.1 Å². The molecule has 0 saturated heterocycles. The van der Waals surface area contributed by atoms with Crippen molar-refractivity contribution in [1.82, 2.24) is 4.68 Å². The molecule has 1 aromatic heterocycles. The van der Waals surface area contributed by atoms with Crippen LogP contribution in [0.1, 0.15) is 0 Å². The molecule has 0 bridgehead atoms. The van der Waals surface area contributed by atoms with Gasteiger partial charge in [0.25, 0.3) is 0 Å². The molecule has 2 nitrogen and oxygen atoms in total. The summed E-state index contributed by atoms with van der Waals surface area (Å²) in [6.07, 6.45) is 3.81. The van der Waals surface area contributed by atoms with Gasteiger partial charge in [0.05, 0.1) is 6.54 Å². The van der Waals surface area contributed by atoms with Crippen molar-refractivity contribution in [3.05, 3.63) is 36.1 Å². The first-order chi connectivity index (χ1) is 4.79. The van der Waals surface area contributed by atoms with Crippen LogP contribution in [0.3, 0.4) is 0 Å². The fourth-order valence-corrected chi connectivity index (χ4v) is 0.677. The Morgan fingerprint density at radius 2 is 2.10 bits per heavy atom. The average molecular weight is 157 g/mol. The van der Waals surface area contributed by atoms with Gasteiger partial charge < -0.3 is 5.43 Å². The zero-order valence-electron chi connectivity index (χ0n) is 5.55. The summed E-state index contributed by atoms with van der Waals surface area (Å²) < 4.78 is 1.83. The third-order valence-electron chi connectivity index (χ3n) is 1.06. The van der Waals surface area contributed by atoms with Crippen molar-refractivity contribution in [3.8, 4) is 0 Å². The molecular weight excluding hydrogens is 148 g/mol. The first kappa shape index (κ1) is 7.22. The highest BCUT2D eigenvalue weighted by molar-refractivity contribution is 6.29. The zero-order chi connectivity index (χ0) is 7.40. The van der Waals surface area contributed by atoms with Crippen molar-refractivity contribution in [2.24, 2.45) is 0 Å². The lowest BCUT2D eigenvalue weighted by Crippen LogP contribution is -2.13. The molecule has 0 aliphatic carbocycles. The van der Waals surface area contributed by atoms with Crippen molar-refractivity contribution >= 4 is 11.6 Å². The molecule has 0 spiro atoms. The van der Waals surface area contributed by atoms with E-state index in [1.54, 1.807) is 0 Å². The number of hydrogen-bond acceptors (Lipinski definition) is 1. The predicted molar refractivity (Wildman–Crippen MR) is 43.7 cm³/mol. The molecule has 0 saturated carbocycles. The predicted octanol–water partition coefficient (Wildman–Crippen LogP) is 1.78. The van der Waals surface area contributed by atoms with Gasteiger partial charge >= 0.3 is 0 Å². The molecule has 1 aromatic rings. The lowest BCUT2D eigenvalue weighted by molar-refractivity contribution is 0.895. The van der Waals surface area contributed by atoms with E-state index in [9.17, 15) is 0 Å². The molecule has 0 aromatic carbocycles. The van der Waals surface area contributed by atoms with E-state index < -0.39 is 0 Å². The fourth-order valence-electron chi connectivity index (χ4n) is 0.617. The standard InChI is InChI=1S/C7H9ClN2/c1-7(8)6-9-10-4-2-3-5-10/h2-5,9H,1,6H2. The van der Waals surface area contributed by atoms with Gasteiger partial charge in [-0.3, -0.25) is 4.68 Å². The lowest BCUT2D eigenvalue weighted by atomic mass is 10.6. The molecule has 1 rings (SSSR count). The van der Waals surface area contributed by atoms with Crippen LogP contribution in [0, 0.1) is 0 Å². The Morgan fingerprint density at radius 3 is 2.60 bits per heavy atom. The summed E-state index contributed by atoms with van der Waals surface area (Å²) in [7, 11) is 0. The summed E-state index contributed by atoms with van der Waals surface area (Å²) in [4.78, 5) is 0. The molecule has 0 atom stereocenters. The normalized spacial score (nSPS) is 9.30. The number of nitrogens with zero attached hydrogens (tertiary/aromatic N) is 1. The number of halogens is 1. The van der Waals surface area contributed by atoms with E-state index in [-0.39, 0.29) is 0 Å². The largest absolute Gasteiger partial charge is 0.321 e. The second kappa shape index (κ2) is 3.32. The van der Waals surface area contributed by atoms with Gasteiger partial charge in [-0.15, -0.1) is 0 Å². The summed E-state index contributed by atoms with van der Waals surface area (Å²) in [5, 5.41) is 0.605. The van der Waals surface area contributed by atoms with Gasteiger partial charge in [0.1, 0.15) is 0 Å². The average Bonchev–Trinajstić information content (AvgIpc) is 2.34. The minimum absolute atomic E-state index is 0.593. The van der Waals surface area contributed by atoms with E-state index in [1.165, 1.54) is 0 Å². The Kier molecular flexibility index (Phi) is 2.40. The van der Waals surface area contributed by atoms with E-state index in [0.717, 1.165) is 0 Å². The van der Waals surface area contributed by atoms with Crippen molar-refractivity contribution in [1.29, 1.82) is 0 Å². The lowest BCUT2D eigenvalue weighted by Gasteiger charge is -2.04. The number of rotatable bonds is 3. The summed E-state index contributed by atoms with van der Waals surface area (Å²) in [5.41, 5.74) is 3.01. The Balaban J connectivity index is 2.35. The zero-order valence-corrected chi connectivity index (χ0v) is 6.30. The summed E-state index contributed by atoms with van der Waals surface area (Å²) in [5.74, 6) is 0. The molecule has 1 N–H and O–H groups in total. The third kappa shape index (κ3) is 2.15. The Morgan fingerprint density at radius 1 is 1.50 bits per heavy atom. The van der Waals surface area contributed by atoms with E-state index in [1.807, 2.05) is 29.2 Å². The third-order valence-corrected chi connectivity index (χ3v) is 1.19. The van der Waals surface area contributed by atoms with E-state index >= 15 is 0 Å². The van der Waals surface area contributed by atoms with Crippen LogP contribution in [0.25, 0.3) is 0 Å². The molecule has 54 valence electrons. The molecule has 0 fully saturated rings. The molecule has 0 amide bonds. The van der Waals surface area contributed by atoms with Gasteiger partial charge in [0.15, 0.2) is 0 Å². The van der Waals surface area contributed by atoms with Crippen LogP contribution >= 0.6 is 11.6 Å². The Labute approximate surface area is 65.1 Å². The van der Waals surface area contributed by atoms with Crippen molar-refractivity contribution < 1.29 is 0 Å². The second-order valence-corrected chi connectivity index (χ2v) is 2.48. The molecule has 3 heteroatoms. The van der Waals surface area contributed by atoms with Crippen LogP contribution in [0.5, 0.6) is 0 Å². The molecule has 0 radical (unpaired) electrons. The van der Waals surface area contributed by atoms with Gasteiger partial charge in [0.2, 0.25) is 0 Å². The highest BCUT2D eigenvalue weighted by Crippen LogP contribution is 1.94. The summed E-state index contributed by atoms with van der Waals surface area (Å²) >= 11 is 5.52. The summed E-state index contributed by atoms with van der Waals surface area (Å²) in [6.45, 7) is 4.14. The van der Waals surface area contributed by atoms with E-state index in [2.05, 4.69) is 12.0 Å². The smallest absolute Gasteiger partial charge is 0.0664 e. The SMILES string of the molecule is C=C(Cl)CNn1cccc1. The van der Waals surface area contributed by atoms with Crippen LogP contribution in [-0.2, 0) is 0 Å². The Hall–Kier alpha value is -0.890. The monoisotopic (exact) mass is 156 g/mol. The van der Waals surface area contributed by atoms with Crippen molar-refractivity contribution in [2.75, 3.05) is 12.0 Å². The van der Waals surface area contributed by atoms with Crippen molar-refractivity contribution in [3.63, 3.8) is 0 Å². The second-order valence-electron chi connectivity index (χ2n) is 1.94. The maximum absolute atomic E-state index is 5.52. The summed E-state index contributed by atoms with van der Waals surface area (Å²) in [6, 6.07) is 3.87. The van der Waals surface area contributed by atoms with Crippen LogP contribution in [0.15, 0.2) is 36.1 Å². The number of hydrogen-bond donors (Lipinski definition) is 1. The molecule has 10 heavy (non-hydrogen) atoms. The molecule has 0 aliphatic rings. The maximum atomic E-state index is 5.52. The van der Waals surface area contributed by atoms with Crippen LogP contribution in [0.4, 0.5) is 0 Å². The minimum atomic E-state index is 0.593. The van der Waals surface area contributed by atoms with Gasteiger partial charge in [-0.25, -0.2) is 0 Å². The van der Waals surface area contributed by atoms with E-state index in [0.29, 0.717) is 11.6 Å². The fraction of sp³-hybridized carbons (Fsp3) is 0.143. The van der Waals surface area contributed by atoms with Gasteiger partial charge in [-0.2, -0.15) is 0 Å². The van der Waals surface area contributed by atoms with E-state index in [4.69, 9.17) is 11.6 Å². The minimum Gasteiger partial charge on any atom is -0.321 e. The molecule has 0 unspecified atom stereocenters. The Bertz CT molecular complexity index is 203. The topological polar surface area (TPSA) is 17.0 Å². The first-order valence-electron chi connectivity index (χ1n) is 2.99. The van der Waals surface area contributed by atoms with Crippen molar-refractivity contribution in [2.45, 2.75) is 0 Å². The number of aromatic nitrogens is 1. The highest BCUT2D eigenvalue weighted by atomic mass is 35.5. The molecule has 1 heterocycles. The van der Waals surface area contributed by atoms with Crippen LogP contribution < -0.4 is 5.43 Å². The van der Waals surface area contributed by atoms with Gasteiger partial charge in [0, 0.05) is 17.4 Å². The first-order valence-corrected chi connectivity index (χ1v) is 3.37. The van der Waals surface area contributed by atoms with Crippen LogP contribution in [0.2, 0.25) is 0 Å². The highest BCUT2D eigenvalue weighted by Gasteiger charge is 1.86. The number of nitrogens with one attached hydrogen (secondary N) is 1.